The number of piperidine rings is 1. The maximum absolute atomic E-state index is 12.3. The Morgan fingerprint density at radius 2 is 1.79 bits per heavy atom. The molecule has 1 amide bonds. The lowest BCUT2D eigenvalue weighted by Gasteiger charge is -2.32. The summed E-state index contributed by atoms with van der Waals surface area (Å²) < 4.78 is 0. The highest BCUT2D eigenvalue weighted by atomic mass is 35.5. The van der Waals surface area contributed by atoms with Gasteiger partial charge in [-0.1, -0.05) is 42.3 Å². The zero-order chi connectivity index (χ0) is 17.1. The highest BCUT2D eigenvalue weighted by Gasteiger charge is 2.18. The molecule has 0 spiro atoms. The molecule has 1 saturated heterocycles. The third-order valence-corrected chi connectivity index (χ3v) is 5.08. The molecule has 1 aliphatic heterocycles. The molecule has 3 rings (SSSR count). The van der Waals surface area contributed by atoms with E-state index >= 15 is 0 Å². The van der Waals surface area contributed by atoms with Gasteiger partial charge >= 0.3 is 0 Å². The van der Waals surface area contributed by atoms with Crippen LogP contribution in [0.1, 0.15) is 30.1 Å². The number of rotatable bonds is 3. The van der Waals surface area contributed by atoms with Gasteiger partial charge in [0.1, 0.15) is 0 Å². The lowest BCUT2D eigenvalue weighted by molar-refractivity contribution is 0.102. The Hall–Kier alpha value is -1.71. The molecule has 0 atom stereocenters. The van der Waals surface area contributed by atoms with Crippen LogP contribution in [0.3, 0.4) is 0 Å². The summed E-state index contributed by atoms with van der Waals surface area (Å²) >= 11 is 12.5. The molecule has 1 fully saturated rings. The fourth-order valence-corrected chi connectivity index (χ4v) is 3.46. The Morgan fingerprint density at radius 3 is 2.46 bits per heavy atom. The van der Waals surface area contributed by atoms with Crippen molar-refractivity contribution in [2.45, 2.75) is 19.8 Å². The first-order valence-electron chi connectivity index (χ1n) is 8.15. The molecule has 5 heteroatoms. The van der Waals surface area contributed by atoms with Crippen molar-refractivity contribution in [3.63, 3.8) is 0 Å². The molecular formula is C19H20Cl2N2O. The average Bonchev–Trinajstić information content (AvgIpc) is 2.56. The second kappa shape index (κ2) is 7.45. The van der Waals surface area contributed by atoms with Crippen molar-refractivity contribution >= 4 is 40.5 Å². The molecule has 1 heterocycles. The van der Waals surface area contributed by atoms with Crippen molar-refractivity contribution in [3.05, 3.63) is 58.1 Å². The number of benzene rings is 2. The van der Waals surface area contributed by atoms with Gasteiger partial charge in [0, 0.05) is 18.8 Å². The lowest BCUT2D eigenvalue weighted by Crippen LogP contribution is -2.32. The summed E-state index contributed by atoms with van der Waals surface area (Å²) in [5, 5.41) is 3.94. The standard InChI is InChI=1S/C19H20Cl2N2O/c1-13-8-10-23(11-9-13)18-7-6-14(12-17(18)21)22-19(24)15-4-2-3-5-16(15)20/h2-7,12-13H,8-11H2,1H3,(H,22,24). The topological polar surface area (TPSA) is 32.3 Å². The molecule has 3 nitrogen and oxygen atoms in total. The molecule has 0 saturated carbocycles. The van der Waals surface area contributed by atoms with E-state index in [0.29, 0.717) is 21.3 Å². The van der Waals surface area contributed by atoms with Gasteiger partial charge < -0.3 is 10.2 Å². The van der Waals surface area contributed by atoms with Crippen molar-refractivity contribution in [2.75, 3.05) is 23.3 Å². The van der Waals surface area contributed by atoms with Crippen LogP contribution in [-0.4, -0.2) is 19.0 Å². The molecule has 1 aliphatic rings. The maximum atomic E-state index is 12.3. The van der Waals surface area contributed by atoms with Crippen molar-refractivity contribution in [1.29, 1.82) is 0 Å². The van der Waals surface area contributed by atoms with E-state index < -0.39 is 0 Å². The quantitative estimate of drug-likeness (QED) is 0.783. The fourth-order valence-electron chi connectivity index (χ4n) is 2.93. The molecule has 1 N–H and O–H groups in total. The van der Waals surface area contributed by atoms with E-state index in [9.17, 15) is 4.79 Å². The number of hydrogen-bond acceptors (Lipinski definition) is 2. The molecule has 0 aliphatic carbocycles. The first kappa shape index (κ1) is 17.1. The Balaban J connectivity index is 1.73. The van der Waals surface area contributed by atoms with Crippen LogP contribution in [-0.2, 0) is 0 Å². The second-order valence-corrected chi connectivity index (χ2v) is 7.08. The summed E-state index contributed by atoms with van der Waals surface area (Å²) in [5.74, 6) is 0.533. The van der Waals surface area contributed by atoms with E-state index in [1.54, 1.807) is 30.3 Å². The lowest BCUT2D eigenvalue weighted by atomic mass is 9.99. The number of halogens is 2. The molecule has 0 unspecified atom stereocenters. The van der Waals surface area contributed by atoms with Gasteiger partial charge in [-0.15, -0.1) is 0 Å². The van der Waals surface area contributed by atoms with Crippen LogP contribution < -0.4 is 10.2 Å². The predicted molar refractivity (Wildman–Crippen MR) is 101 cm³/mol. The molecule has 126 valence electrons. The van der Waals surface area contributed by atoms with Gasteiger partial charge in [0.2, 0.25) is 0 Å². The van der Waals surface area contributed by atoms with E-state index in [1.807, 2.05) is 12.1 Å². The Kier molecular flexibility index (Phi) is 5.32. The monoisotopic (exact) mass is 362 g/mol. The van der Waals surface area contributed by atoms with E-state index in [1.165, 1.54) is 12.8 Å². The number of carbonyl (C=O) groups excluding carboxylic acids is 1. The molecule has 24 heavy (non-hydrogen) atoms. The molecule has 0 aromatic heterocycles. The predicted octanol–water partition coefficient (Wildman–Crippen LogP) is 5.48. The molecule has 0 radical (unpaired) electrons. The van der Waals surface area contributed by atoms with Gasteiger partial charge in [-0.05, 0) is 49.1 Å². The van der Waals surface area contributed by atoms with Crippen molar-refractivity contribution in [3.8, 4) is 0 Å². The molecular weight excluding hydrogens is 343 g/mol. The second-order valence-electron chi connectivity index (χ2n) is 6.27. The van der Waals surface area contributed by atoms with Crippen molar-refractivity contribution in [2.24, 2.45) is 5.92 Å². The smallest absolute Gasteiger partial charge is 0.257 e. The number of nitrogens with one attached hydrogen (secondary N) is 1. The largest absolute Gasteiger partial charge is 0.370 e. The van der Waals surface area contributed by atoms with Crippen molar-refractivity contribution < 1.29 is 4.79 Å². The zero-order valence-corrected chi connectivity index (χ0v) is 15.1. The summed E-state index contributed by atoms with van der Waals surface area (Å²) in [4.78, 5) is 14.6. The van der Waals surface area contributed by atoms with Crippen LogP contribution in [0.2, 0.25) is 10.0 Å². The number of nitrogens with zero attached hydrogens (tertiary/aromatic N) is 1. The van der Waals surface area contributed by atoms with Crippen LogP contribution in [0, 0.1) is 5.92 Å². The van der Waals surface area contributed by atoms with Crippen LogP contribution >= 0.6 is 23.2 Å². The van der Waals surface area contributed by atoms with Gasteiger partial charge in [-0.2, -0.15) is 0 Å². The highest BCUT2D eigenvalue weighted by Crippen LogP contribution is 2.32. The summed E-state index contributed by atoms with van der Waals surface area (Å²) in [5.41, 5.74) is 2.14. The third-order valence-electron chi connectivity index (χ3n) is 4.45. The maximum Gasteiger partial charge on any atom is 0.257 e. The van der Waals surface area contributed by atoms with E-state index in [0.717, 1.165) is 24.7 Å². The number of hydrogen-bond donors (Lipinski definition) is 1. The summed E-state index contributed by atoms with van der Waals surface area (Å²) in [6.45, 7) is 4.32. The number of carbonyl (C=O) groups is 1. The molecule has 2 aromatic rings. The normalized spacial score (nSPS) is 15.4. The van der Waals surface area contributed by atoms with Gasteiger partial charge in [-0.25, -0.2) is 0 Å². The SMILES string of the molecule is CC1CCN(c2ccc(NC(=O)c3ccccc3Cl)cc2Cl)CC1. The Morgan fingerprint density at radius 1 is 1.08 bits per heavy atom. The first-order chi connectivity index (χ1) is 11.5. The molecule has 0 bridgehead atoms. The highest BCUT2D eigenvalue weighted by molar-refractivity contribution is 6.35. The zero-order valence-electron chi connectivity index (χ0n) is 13.6. The van der Waals surface area contributed by atoms with E-state index in [-0.39, 0.29) is 5.91 Å². The number of amides is 1. The summed E-state index contributed by atoms with van der Waals surface area (Å²) in [6.07, 6.45) is 2.36. The van der Waals surface area contributed by atoms with Crippen LogP contribution in [0.4, 0.5) is 11.4 Å². The van der Waals surface area contributed by atoms with Gasteiger partial charge in [0.25, 0.3) is 5.91 Å². The van der Waals surface area contributed by atoms with E-state index in [4.69, 9.17) is 23.2 Å². The van der Waals surface area contributed by atoms with Crippen LogP contribution in [0.15, 0.2) is 42.5 Å². The van der Waals surface area contributed by atoms with Crippen molar-refractivity contribution in [1.82, 2.24) is 0 Å². The summed E-state index contributed by atoms with van der Waals surface area (Å²) in [7, 11) is 0. The minimum absolute atomic E-state index is 0.240. The molecule has 2 aromatic carbocycles. The first-order valence-corrected chi connectivity index (χ1v) is 8.90. The average molecular weight is 363 g/mol. The Labute approximate surface area is 152 Å². The number of anilines is 2. The van der Waals surface area contributed by atoms with Gasteiger partial charge in [0.15, 0.2) is 0 Å². The third kappa shape index (κ3) is 3.85. The van der Waals surface area contributed by atoms with Crippen LogP contribution in [0.5, 0.6) is 0 Å². The van der Waals surface area contributed by atoms with E-state index in [2.05, 4.69) is 17.1 Å². The minimum Gasteiger partial charge on any atom is -0.370 e. The van der Waals surface area contributed by atoms with Gasteiger partial charge in [-0.3, -0.25) is 4.79 Å². The minimum atomic E-state index is -0.240. The van der Waals surface area contributed by atoms with Gasteiger partial charge in [0.05, 0.1) is 21.3 Å². The fraction of sp³-hybridized carbons (Fsp3) is 0.316. The van der Waals surface area contributed by atoms with Crippen LogP contribution in [0.25, 0.3) is 0 Å². The summed E-state index contributed by atoms with van der Waals surface area (Å²) in [6, 6.07) is 12.6. The Bertz CT molecular complexity index is 740.